The van der Waals surface area contributed by atoms with Crippen LogP contribution in [0.5, 0.6) is 0 Å². The Balaban J connectivity index is 2.24. The highest BCUT2D eigenvalue weighted by molar-refractivity contribution is 7.19. The summed E-state index contributed by atoms with van der Waals surface area (Å²) >= 11 is 1.78. The predicted octanol–water partition coefficient (Wildman–Crippen LogP) is 3.42. The molecule has 0 amide bonds. The van der Waals surface area contributed by atoms with Crippen molar-refractivity contribution in [3.8, 4) is 0 Å². The predicted molar refractivity (Wildman–Crippen MR) is 79.6 cm³/mol. The summed E-state index contributed by atoms with van der Waals surface area (Å²) in [7, 11) is 1.41. The highest BCUT2D eigenvalue weighted by Gasteiger charge is 2.19. The number of thiophene rings is 1. The Morgan fingerprint density at radius 3 is 2.63 bits per heavy atom. The van der Waals surface area contributed by atoms with Gasteiger partial charge in [-0.1, -0.05) is 18.2 Å². The van der Waals surface area contributed by atoms with Gasteiger partial charge in [0.25, 0.3) is 0 Å². The molecule has 1 N–H and O–H groups in total. The summed E-state index contributed by atoms with van der Waals surface area (Å²) < 4.78 is 6.03. The fourth-order valence-corrected chi connectivity index (χ4v) is 3.52. The van der Waals surface area contributed by atoms with Crippen molar-refractivity contribution in [2.75, 3.05) is 7.11 Å². The second-order valence-electron chi connectivity index (χ2n) is 4.72. The van der Waals surface area contributed by atoms with Crippen LogP contribution in [0.4, 0.5) is 0 Å². The maximum Gasteiger partial charge on any atom is 0.322 e. The largest absolute Gasteiger partial charge is 0.468 e. The standard InChI is InChI=1S/C15H19NO2S/c1-9-12-7-5-6-8-13(12)19-14(9)10(2)16-11(3)15(17)18-4/h5-8,10-11,16H,1-4H3/t10?,11-/m0/s1. The monoisotopic (exact) mass is 277 g/mol. The van der Waals surface area contributed by atoms with E-state index in [-0.39, 0.29) is 18.1 Å². The highest BCUT2D eigenvalue weighted by Crippen LogP contribution is 2.34. The van der Waals surface area contributed by atoms with E-state index < -0.39 is 0 Å². The van der Waals surface area contributed by atoms with Crippen molar-refractivity contribution in [1.82, 2.24) is 5.32 Å². The average Bonchev–Trinajstić information content (AvgIpc) is 2.75. The Morgan fingerprint density at radius 2 is 2.00 bits per heavy atom. The van der Waals surface area contributed by atoms with E-state index >= 15 is 0 Å². The van der Waals surface area contributed by atoms with Gasteiger partial charge in [-0.2, -0.15) is 0 Å². The molecule has 0 aliphatic rings. The van der Waals surface area contributed by atoms with Crippen LogP contribution in [-0.4, -0.2) is 19.1 Å². The molecule has 0 bridgehead atoms. The molecule has 19 heavy (non-hydrogen) atoms. The summed E-state index contributed by atoms with van der Waals surface area (Å²) in [6.07, 6.45) is 0. The number of nitrogens with one attached hydrogen (secondary N) is 1. The van der Waals surface area contributed by atoms with Gasteiger partial charge in [0, 0.05) is 15.6 Å². The minimum absolute atomic E-state index is 0.131. The number of benzene rings is 1. The first-order chi connectivity index (χ1) is 9.04. The molecule has 3 nitrogen and oxygen atoms in total. The molecular formula is C15H19NO2S. The molecule has 1 heterocycles. The van der Waals surface area contributed by atoms with Crippen molar-refractivity contribution in [3.05, 3.63) is 34.7 Å². The number of aryl methyl sites for hydroxylation is 1. The van der Waals surface area contributed by atoms with Crippen LogP contribution in [0, 0.1) is 6.92 Å². The lowest BCUT2D eigenvalue weighted by Gasteiger charge is -2.18. The van der Waals surface area contributed by atoms with Crippen LogP contribution in [0.3, 0.4) is 0 Å². The number of ether oxygens (including phenoxy) is 1. The summed E-state index contributed by atoms with van der Waals surface area (Å²) in [5, 5.41) is 4.58. The lowest BCUT2D eigenvalue weighted by Crippen LogP contribution is -2.36. The van der Waals surface area contributed by atoms with E-state index in [1.807, 2.05) is 6.92 Å². The molecule has 2 aromatic rings. The Kier molecular flexibility index (Phi) is 4.22. The summed E-state index contributed by atoms with van der Waals surface area (Å²) in [6, 6.07) is 8.21. The van der Waals surface area contributed by atoms with E-state index in [9.17, 15) is 4.79 Å². The van der Waals surface area contributed by atoms with Crippen LogP contribution in [0.25, 0.3) is 10.1 Å². The molecule has 102 valence electrons. The van der Waals surface area contributed by atoms with Gasteiger partial charge in [-0.05, 0) is 37.8 Å². The number of fused-ring (bicyclic) bond motifs is 1. The van der Waals surface area contributed by atoms with Gasteiger partial charge in [0.15, 0.2) is 0 Å². The number of hydrogen-bond acceptors (Lipinski definition) is 4. The summed E-state index contributed by atoms with van der Waals surface area (Å²) in [6.45, 7) is 6.04. The lowest BCUT2D eigenvalue weighted by molar-refractivity contribution is -0.142. The maximum absolute atomic E-state index is 11.5. The van der Waals surface area contributed by atoms with Crippen LogP contribution < -0.4 is 5.32 Å². The number of carbonyl (C=O) groups is 1. The van der Waals surface area contributed by atoms with Crippen molar-refractivity contribution >= 4 is 27.4 Å². The molecule has 2 rings (SSSR count). The van der Waals surface area contributed by atoms with Crippen LogP contribution >= 0.6 is 11.3 Å². The molecule has 2 atom stereocenters. The van der Waals surface area contributed by atoms with Gasteiger partial charge in [-0.15, -0.1) is 11.3 Å². The summed E-state index contributed by atoms with van der Waals surface area (Å²) in [5.41, 5.74) is 1.29. The Bertz CT molecular complexity index is 591. The molecule has 1 unspecified atom stereocenters. The molecule has 0 spiro atoms. The lowest BCUT2D eigenvalue weighted by atomic mass is 10.1. The van der Waals surface area contributed by atoms with Gasteiger partial charge in [0.05, 0.1) is 7.11 Å². The summed E-state index contributed by atoms with van der Waals surface area (Å²) in [5.74, 6) is -0.231. The van der Waals surface area contributed by atoms with Gasteiger partial charge in [-0.25, -0.2) is 0 Å². The maximum atomic E-state index is 11.5. The SMILES string of the molecule is COC(=O)[C@H](C)NC(C)c1sc2ccccc2c1C. The summed E-state index contributed by atoms with van der Waals surface area (Å²) in [4.78, 5) is 12.7. The molecule has 0 saturated heterocycles. The number of rotatable bonds is 4. The molecule has 4 heteroatoms. The van der Waals surface area contributed by atoms with E-state index in [0.29, 0.717) is 0 Å². The Labute approximate surface area is 117 Å². The molecule has 0 saturated carbocycles. The quantitative estimate of drug-likeness (QED) is 0.870. The molecule has 1 aromatic carbocycles. The Morgan fingerprint density at radius 1 is 1.32 bits per heavy atom. The first kappa shape index (κ1) is 14.0. The van der Waals surface area contributed by atoms with E-state index in [4.69, 9.17) is 4.74 Å². The fraction of sp³-hybridized carbons (Fsp3) is 0.400. The number of methoxy groups -OCH3 is 1. The number of carbonyl (C=O) groups excluding carboxylic acids is 1. The van der Waals surface area contributed by atoms with Gasteiger partial charge >= 0.3 is 5.97 Å². The first-order valence-corrected chi connectivity index (χ1v) is 7.18. The molecular weight excluding hydrogens is 258 g/mol. The molecule has 0 aliphatic carbocycles. The van der Waals surface area contributed by atoms with Gasteiger partial charge in [0.2, 0.25) is 0 Å². The van der Waals surface area contributed by atoms with Crippen LogP contribution in [0.1, 0.15) is 30.3 Å². The molecule has 0 radical (unpaired) electrons. The molecule has 0 fully saturated rings. The van der Waals surface area contributed by atoms with Crippen molar-refractivity contribution in [2.45, 2.75) is 32.9 Å². The van der Waals surface area contributed by atoms with Crippen molar-refractivity contribution in [2.24, 2.45) is 0 Å². The van der Waals surface area contributed by atoms with E-state index in [1.165, 1.54) is 27.6 Å². The normalized spacial score (nSPS) is 14.3. The highest BCUT2D eigenvalue weighted by atomic mass is 32.1. The zero-order valence-electron chi connectivity index (χ0n) is 11.7. The zero-order chi connectivity index (χ0) is 14.0. The third-order valence-electron chi connectivity index (χ3n) is 3.33. The third-order valence-corrected chi connectivity index (χ3v) is 4.78. The van der Waals surface area contributed by atoms with Crippen LogP contribution in [0.15, 0.2) is 24.3 Å². The van der Waals surface area contributed by atoms with E-state index in [1.54, 1.807) is 11.3 Å². The fourth-order valence-electron chi connectivity index (χ4n) is 2.30. The van der Waals surface area contributed by atoms with Crippen molar-refractivity contribution in [1.29, 1.82) is 0 Å². The minimum atomic E-state index is -0.301. The average molecular weight is 277 g/mol. The topological polar surface area (TPSA) is 38.3 Å². The van der Waals surface area contributed by atoms with Gasteiger partial charge in [0.1, 0.15) is 6.04 Å². The minimum Gasteiger partial charge on any atom is -0.468 e. The van der Waals surface area contributed by atoms with E-state index in [2.05, 4.69) is 43.4 Å². The molecule has 1 aromatic heterocycles. The van der Waals surface area contributed by atoms with Crippen LogP contribution in [-0.2, 0) is 9.53 Å². The van der Waals surface area contributed by atoms with Crippen LogP contribution in [0.2, 0.25) is 0 Å². The zero-order valence-corrected chi connectivity index (χ0v) is 12.5. The third kappa shape index (κ3) is 2.80. The smallest absolute Gasteiger partial charge is 0.322 e. The van der Waals surface area contributed by atoms with Crippen molar-refractivity contribution < 1.29 is 9.53 Å². The Hall–Kier alpha value is -1.39. The van der Waals surface area contributed by atoms with Crippen molar-refractivity contribution in [3.63, 3.8) is 0 Å². The van der Waals surface area contributed by atoms with Gasteiger partial charge < -0.3 is 4.74 Å². The number of hydrogen-bond donors (Lipinski definition) is 1. The second-order valence-corrected chi connectivity index (χ2v) is 5.80. The number of esters is 1. The van der Waals surface area contributed by atoms with E-state index in [0.717, 1.165) is 0 Å². The van der Waals surface area contributed by atoms with Gasteiger partial charge in [-0.3, -0.25) is 10.1 Å². The molecule has 0 aliphatic heterocycles. The second kappa shape index (κ2) is 5.72. The first-order valence-electron chi connectivity index (χ1n) is 6.36.